The van der Waals surface area contributed by atoms with Gasteiger partial charge in [-0.3, -0.25) is 4.79 Å². The minimum absolute atomic E-state index is 0.0202. The van der Waals surface area contributed by atoms with Crippen molar-refractivity contribution in [2.45, 2.75) is 55.8 Å². The molecular formula is C20H27N7O2S. The van der Waals surface area contributed by atoms with Crippen LogP contribution in [0.3, 0.4) is 0 Å². The summed E-state index contributed by atoms with van der Waals surface area (Å²) in [5.41, 5.74) is 0.787. The first-order chi connectivity index (χ1) is 14.7. The van der Waals surface area contributed by atoms with Gasteiger partial charge < -0.3 is 15.5 Å². The summed E-state index contributed by atoms with van der Waals surface area (Å²) in [4.78, 5) is 26.6. The summed E-state index contributed by atoms with van der Waals surface area (Å²) >= 11 is 1.38. The SMILES string of the molecule is O=C(CSc1nnnn1C1CCCC1)NC1CCN(C(=O)Nc2ccccc2)CC1. The Kier molecular flexibility index (Phi) is 6.83. The number of para-hydroxylation sites is 1. The van der Waals surface area contributed by atoms with E-state index in [0.717, 1.165) is 31.4 Å². The van der Waals surface area contributed by atoms with Crippen LogP contribution in [0.1, 0.15) is 44.6 Å². The number of carbonyl (C=O) groups is 2. The molecule has 0 atom stereocenters. The highest BCUT2D eigenvalue weighted by atomic mass is 32.2. The number of nitrogens with zero attached hydrogens (tertiary/aromatic N) is 5. The molecule has 10 heteroatoms. The lowest BCUT2D eigenvalue weighted by atomic mass is 10.1. The van der Waals surface area contributed by atoms with Gasteiger partial charge in [0.15, 0.2) is 0 Å². The molecule has 1 saturated carbocycles. The van der Waals surface area contributed by atoms with Crippen LogP contribution in [0.25, 0.3) is 0 Å². The van der Waals surface area contributed by atoms with Crippen LogP contribution in [-0.4, -0.2) is 61.9 Å². The second-order valence-electron chi connectivity index (χ2n) is 7.76. The smallest absolute Gasteiger partial charge is 0.321 e. The van der Waals surface area contributed by atoms with Gasteiger partial charge in [-0.2, -0.15) is 0 Å². The van der Waals surface area contributed by atoms with E-state index in [2.05, 4.69) is 26.2 Å². The van der Waals surface area contributed by atoms with Crippen molar-refractivity contribution in [1.29, 1.82) is 0 Å². The predicted molar refractivity (Wildman–Crippen MR) is 114 cm³/mol. The van der Waals surface area contributed by atoms with Crippen molar-refractivity contribution in [3.05, 3.63) is 30.3 Å². The number of thioether (sulfide) groups is 1. The summed E-state index contributed by atoms with van der Waals surface area (Å²) in [7, 11) is 0. The van der Waals surface area contributed by atoms with E-state index < -0.39 is 0 Å². The van der Waals surface area contributed by atoms with Crippen LogP contribution in [0.5, 0.6) is 0 Å². The van der Waals surface area contributed by atoms with Crippen LogP contribution in [-0.2, 0) is 4.79 Å². The minimum atomic E-state index is -0.0970. The molecule has 2 fully saturated rings. The Morgan fingerprint density at radius 3 is 2.53 bits per heavy atom. The molecule has 0 radical (unpaired) electrons. The number of amides is 3. The topological polar surface area (TPSA) is 105 Å². The van der Waals surface area contributed by atoms with Gasteiger partial charge in [-0.1, -0.05) is 42.8 Å². The number of benzene rings is 1. The van der Waals surface area contributed by atoms with E-state index in [1.807, 2.05) is 35.0 Å². The maximum atomic E-state index is 12.4. The molecule has 1 aliphatic carbocycles. The molecule has 2 N–H and O–H groups in total. The molecule has 1 aromatic heterocycles. The first kappa shape index (κ1) is 20.6. The maximum Gasteiger partial charge on any atom is 0.321 e. The van der Waals surface area contributed by atoms with Crippen molar-refractivity contribution in [2.24, 2.45) is 0 Å². The number of carbonyl (C=O) groups excluding carboxylic acids is 2. The largest absolute Gasteiger partial charge is 0.353 e. The highest BCUT2D eigenvalue weighted by Crippen LogP contribution is 2.31. The van der Waals surface area contributed by atoms with Crippen LogP contribution in [0.2, 0.25) is 0 Å². The zero-order valence-electron chi connectivity index (χ0n) is 16.9. The third-order valence-corrected chi connectivity index (χ3v) is 6.57. The number of urea groups is 1. The van der Waals surface area contributed by atoms with Gasteiger partial charge in [0.05, 0.1) is 11.8 Å². The Hall–Kier alpha value is -2.62. The van der Waals surface area contributed by atoms with Crippen LogP contribution < -0.4 is 10.6 Å². The number of hydrogen-bond donors (Lipinski definition) is 2. The van der Waals surface area contributed by atoms with Crippen molar-refractivity contribution in [1.82, 2.24) is 30.4 Å². The average molecular weight is 430 g/mol. The number of rotatable bonds is 6. The van der Waals surface area contributed by atoms with E-state index in [-0.39, 0.29) is 18.0 Å². The molecule has 0 bridgehead atoms. The number of aromatic nitrogens is 4. The van der Waals surface area contributed by atoms with Crippen molar-refractivity contribution < 1.29 is 9.59 Å². The van der Waals surface area contributed by atoms with Gasteiger partial charge in [-0.05, 0) is 48.2 Å². The Bertz CT molecular complexity index is 846. The Morgan fingerprint density at radius 2 is 1.80 bits per heavy atom. The van der Waals surface area contributed by atoms with Gasteiger partial charge in [0.1, 0.15) is 0 Å². The third kappa shape index (κ3) is 5.29. The molecule has 4 rings (SSSR count). The summed E-state index contributed by atoms with van der Waals surface area (Å²) in [6.07, 6.45) is 6.10. The Balaban J connectivity index is 1.18. The minimum Gasteiger partial charge on any atom is -0.353 e. The van der Waals surface area contributed by atoms with Crippen molar-refractivity contribution in [3.8, 4) is 0 Å². The first-order valence-electron chi connectivity index (χ1n) is 10.5. The van der Waals surface area contributed by atoms with Gasteiger partial charge in [0.2, 0.25) is 11.1 Å². The molecule has 3 amide bonds. The molecule has 1 aliphatic heterocycles. The van der Waals surface area contributed by atoms with Gasteiger partial charge in [0.25, 0.3) is 0 Å². The molecule has 1 saturated heterocycles. The fourth-order valence-corrected chi connectivity index (χ4v) is 4.76. The Morgan fingerprint density at radius 1 is 1.07 bits per heavy atom. The zero-order chi connectivity index (χ0) is 20.8. The van der Waals surface area contributed by atoms with Crippen LogP contribution in [0, 0.1) is 0 Å². The number of piperidine rings is 1. The van der Waals surface area contributed by atoms with E-state index in [1.165, 1.54) is 24.6 Å². The molecule has 2 aromatic rings. The number of hydrogen-bond acceptors (Lipinski definition) is 6. The van der Waals surface area contributed by atoms with E-state index in [4.69, 9.17) is 0 Å². The van der Waals surface area contributed by atoms with Gasteiger partial charge >= 0.3 is 6.03 Å². The highest BCUT2D eigenvalue weighted by molar-refractivity contribution is 7.99. The summed E-state index contributed by atoms with van der Waals surface area (Å²) < 4.78 is 1.87. The second-order valence-corrected chi connectivity index (χ2v) is 8.70. The molecule has 0 spiro atoms. The molecule has 0 unspecified atom stereocenters. The number of anilines is 1. The van der Waals surface area contributed by atoms with Crippen molar-refractivity contribution >= 4 is 29.4 Å². The predicted octanol–water partition coefficient (Wildman–Crippen LogP) is 2.69. The van der Waals surface area contributed by atoms with E-state index >= 15 is 0 Å². The zero-order valence-corrected chi connectivity index (χ0v) is 17.7. The second kappa shape index (κ2) is 9.92. The summed E-state index contributed by atoms with van der Waals surface area (Å²) in [5, 5.41) is 18.7. The molecule has 2 heterocycles. The van der Waals surface area contributed by atoms with Crippen molar-refractivity contribution in [3.63, 3.8) is 0 Å². The molecule has 1 aromatic carbocycles. The lowest BCUT2D eigenvalue weighted by Gasteiger charge is -2.32. The standard InChI is InChI=1S/C20H27N7O2S/c28-18(14-30-20-23-24-25-27(20)17-8-4-5-9-17)21-16-10-12-26(13-11-16)19(29)22-15-6-2-1-3-7-15/h1-3,6-7,16-17H,4-5,8-14H2,(H,21,28)(H,22,29). The fourth-order valence-electron chi connectivity index (χ4n) is 4.01. The maximum absolute atomic E-state index is 12.4. The molecular weight excluding hydrogens is 402 g/mol. The third-order valence-electron chi connectivity index (χ3n) is 5.64. The molecule has 160 valence electrons. The van der Waals surface area contributed by atoms with E-state index in [9.17, 15) is 9.59 Å². The number of nitrogens with one attached hydrogen (secondary N) is 2. The normalized spacial score (nSPS) is 17.8. The quantitative estimate of drug-likeness (QED) is 0.684. The number of tetrazole rings is 1. The first-order valence-corrected chi connectivity index (χ1v) is 11.5. The van der Waals surface area contributed by atoms with Crippen LogP contribution in [0.4, 0.5) is 10.5 Å². The van der Waals surface area contributed by atoms with Gasteiger partial charge in [-0.15, -0.1) is 5.10 Å². The summed E-state index contributed by atoms with van der Waals surface area (Å²) in [5.74, 6) is 0.273. The lowest BCUT2D eigenvalue weighted by Crippen LogP contribution is -2.48. The summed E-state index contributed by atoms with van der Waals surface area (Å²) in [6.45, 7) is 1.24. The molecule has 30 heavy (non-hydrogen) atoms. The van der Waals surface area contributed by atoms with Crippen LogP contribution >= 0.6 is 11.8 Å². The molecule has 2 aliphatic rings. The van der Waals surface area contributed by atoms with Gasteiger partial charge in [-0.25, -0.2) is 9.48 Å². The highest BCUT2D eigenvalue weighted by Gasteiger charge is 2.25. The fraction of sp³-hybridized carbons (Fsp3) is 0.550. The van der Waals surface area contributed by atoms with E-state index in [1.54, 1.807) is 4.90 Å². The molecule has 9 nitrogen and oxygen atoms in total. The van der Waals surface area contributed by atoms with Gasteiger partial charge in [0, 0.05) is 24.8 Å². The Labute approximate surface area is 180 Å². The van der Waals surface area contributed by atoms with Crippen LogP contribution in [0.15, 0.2) is 35.5 Å². The monoisotopic (exact) mass is 429 g/mol. The average Bonchev–Trinajstić information content (AvgIpc) is 3.45. The van der Waals surface area contributed by atoms with Crippen molar-refractivity contribution in [2.75, 3.05) is 24.2 Å². The lowest BCUT2D eigenvalue weighted by molar-refractivity contribution is -0.119. The van der Waals surface area contributed by atoms with E-state index in [0.29, 0.717) is 30.0 Å². The number of likely N-dealkylation sites (tertiary alicyclic amines) is 1. The summed E-state index contributed by atoms with van der Waals surface area (Å²) in [6, 6.07) is 9.78.